The van der Waals surface area contributed by atoms with Gasteiger partial charge in [0, 0.05) is 18.8 Å². The molecule has 1 heterocycles. The Labute approximate surface area is 126 Å². The van der Waals surface area contributed by atoms with Gasteiger partial charge in [-0.2, -0.15) is 5.10 Å². The minimum atomic E-state index is -0.0215. The first kappa shape index (κ1) is 15.6. The van der Waals surface area contributed by atoms with E-state index in [2.05, 4.69) is 31.1 Å². The van der Waals surface area contributed by atoms with Gasteiger partial charge in [0.2, 0.25) is 0 Å². The minimum Gasteiger partial charge on any atom is -0.494 e. The first-order valence-corrected chi connectivity index (χ1v) is 7.50. The third-order valence-electron chi connectivity index (χ3n) is 3.86. The van der Waals surface area contributed by atoms with Crippen molar-refractivity contribution in [3.8, 4) is 5.75 Å². The molecule has 4 nitrogen and oxygen atoms in total. The number of nitrogens with zero attached hydrogens (tertiary/aromatic N) is 2. The molecule has 0 aliphatic carbocycles. The second-order valence-corrected chi connectivity index (χ2v) is 5.50. The lowest BCUT2D eigenvalue weighted by molar-refractivity contribution is 0.317. The maximum Gasteiger partial charge on any atom is 0.119 e. The van der Waals surface area contributed by atoms with Crippen LogP contribution in [-0.2, 0) is 13.5 Å². The van der Waals surface area contributed by atoms with E-state index in [9.17, 15) is 0 Å². The fourth-order valence-corrected chi connectivity index (χ4v) is 2.48. The number of aryl methyl sites for hydroxylation is 2. The molecule has 2 N–H and O–H groups in total. The zero-order valence-corrected chi connectivity index (χ0v) is 13.4. The summed E-state index contributed by atoms with van der Waals surface area (Å²) in [5.74, 6) is 0.904. The van der Waals surface area contributed by atoms with Crippen LogP contribution in [0.2, 0.25) is 0 Å². The van der Waals surface area contributed by atoms with Crippen molar-refractivity contribution >= 4 is 0 Å². The largest absolute Gasteiger partial charge is 0.494 e. The zero-order chi connectivity index (χ0) is 15.4. The molecule has 1 aromatic heterocycles. The summed E-state index contributed by atoms with van der Waals surface area (Å²) in [7, 11) is 1.97. The molecule has 0 fully saturated rings. The van der Waals surface area contributed by atoms with Crippen LogP contribution >= 0.6 is 0 Å². The van der Waals surface area contributed by atoms with Crippen molar-refractivity contribution < 1.29 is 4.74 Å². The summed E-state index contributed by atoms with van der Waals surface area (Å²) in [5.41, 5.74) is 11.0. The van der Waals surface area contributed by atoms with Crippen molar-refractivity contribution in [2.45, 2.75) is 39.7 Å². The Morgan fingerprint density at radius 3 is 2.43 bits per heavy atom. The lowest BCUT2D eigenvalue weighted by atomic mass is 9.98. The molecule has 0 spiro atoms. The van der Waals surface area contributed by atoms with Gasteiger partial charge in [-0.25, -0.2) is 0 Å². The third kappa shape index (κ3) is 3.64. The van der Waals surface area contributed by atoms with Gasteiger partial charge >= 0.3 is 0 Å². The fourth-order valence-electron chi connectivity index (χ4n) is 2.48. The van der Waals surface area contributed by atoms with Gasteiger partial charge in [0.05, 0.1) is 12.3 Å². The quantitative estimate of drug-likeness (QED) is 0.888. The number of ether oxygens (including phenoxy) is 1. The Hall–Kier alpha value is -1.81. The van der Waals surface area contributed by atoms with E-state index in [1.807, 2.05) is 30.8 Å². The molecule has 0 radical (unpaired) electrons. The first-order chi connectivity index (χ1) is 10.0. The summed E-state index contributed by atoms with van der Waals surface area (Å²) in [6.07, 6.45) is 1.82. The molecule has 0 aliphatic rings. The van der Waals surface area contributed by atoms with E-state index in [0.717, 1.165) is 36.5 Å². The Kier molecular flexibility index (Phi) is 5.02. The maximum absolute atomic E-state index is 6.35. The number of hydrogen-bond acceptors (Lipinski definition) is 3. The summed E-state index contributed by atoms with van der Waals surface area (Å²) >= 11 is 0. The molecular weight excluding hydrogens is 262 g/mol. The van der Waals surface area contributed by atoms with Crippen LogP contribution in [0.5, 0.6) is 5.75 Å². The molecule has 0 aliphatic heterocycles. The number of aromatic nitrogens is 2. The normalized spacial score (nSPS) is 12.4. The topological polar surface area (TPSA) is 53.1 Å². The highest BCUT2D eigenvalue weighted by Gasteiger charge is 2.14. The van der Waals surface area contributed by atoms with Gasteiger partial charge < -0.3 is 10.5 Å². The molecule has 2 aromatic rings. The molecule has 4 heteroatoms. The third-order valence-corrected chi connectivity index (χ3v) is 3.86. The van der Waals surface area contributed by atoms with E-state index >= 15 is 0 Å². The van der Waals surface area contributed by atoms with Gasteiger partial charge in [-0.3, -0.25) is 4.68 Å². The van der Waals surface area contributed by atoms with Crippen LogP contribution in [0.25, 0.3) is 0 Å². The zero-order valence-electron chi connectivity index (χ0n) is 13.4. The van der Waals surface area contributed by atoms with Gasteiger partial charge in [-0.1, -0.05) is 19.1 Å². The minimum absolute atomic E-state index is 0.0215. The Bertz CT molecular complexity index is 587. The maximum atomic E-state index is 6.35. The Morgan fingerprint density at radius 2 is 1.90 bits per heavy atom. The van der Waals surface area contributed by atoms with E-state index in [1.54, 1.807) is 0 Å². The van der Waals surface area contributed by atoms with Gasteiger partial charge in [0.15, 0.2) is 0 Å². The van der Waals surface area contributed by atoms with Crippen LogP contribution in [0, 0.1) is 13.8 Å². The van der Waals surface area contributed by atoms with E-state index in [1.165, 1.54) is 11.3 Å². The van der Waals surface area contributed by atoms with Crippen molar-refractivity contribution in [1.29, 1.82) is 0 Å². The van der Waals surface area contributed by atoms with Crippen LogP contribution < -0.4 is 10.5 Å². The fraction of sp³-hybridized carbons (Fsp3) is 0.471. The second kappa shape index (κ2) is 6.76. The standard InChI is InChI=1S/C17H25N3O/c1-5-10-21-15-8-6-14(7-9-15)17(18)11-16-12(2)19-20(4)13(16)3/h6-9,17H,5,10-11,18H2,1-4H3. The molecule has 21 heavy (non-hydrogen) atoms. The highest BCUT2D eigenvalue weighted by Crippen LogP contribution is 2.22. The highest BCUT2D eigenvalue weighted by atomic mass is 16.5. The molecule has 0 amide bonds. The van der Waals surface area contributed by atoms with Crippen LogP contribution in [0.1, 0.15) is 41.9 Å². The summed E-state index contributed by atoms with van der Waals surface area (Å²) in [5, 5.41) is 4.45. The van der Waals surface area contributed by atoms with Crippen LogP contribution in [0.4, 0.5) is 0 Å². The molecule has 1 atom stereocenters. The molecule has 2 rings (SSSR count). The Balaban J connectivity index is 2.07. The van der Waals surface area contributed by atoms with Crippen LogP contribution in [0.15, 0.2) is 24.3 Å². The lowest BCUT2D eigenvalue weighted by Gasteiger charge is -2.13. The van der Waals surface area contributed by atoms with Crippen molar-refractivity contribution in [3.63, 3.8) is 0 Å². The summed E-state index contributed by atoms with van der Waals surface area (Å²) in [6, 6.07) is 8.07. The summed E-state index contributed by atoms with van der Waals surface area (Å²) < 4.78 is 7.51. The summed E-state index contributed by atoms with van der Waals surface area (Å²) in [6.45, 7) is 6.97. The molecule has 1 unspecified atom stereocenters. The first-order valence-electron chi connectivity index (χ1n) is 7.50. The van der Waals surface area contributed by atoms with E-state index < -0.39 is 0 Å². The predicted octanol–water partition coefficient (Wildman–Crippen LogP) is 3.07. The van der Waals surface area contributed by atoms with Gasteiger partial charge in [-0.05, 0) is 49.9 Å². The molecular formula is C17H25N3O. The smallest absolute Gasteiger partial charge is 0.119 e. The van der Waals surface area contributed by atoms with E-state index in [4.69, 9.17) is 10.5 Å². The van der Waals surface area contributed by atoms with E-state index in [-0.39, 0.29) is 6.04 Å². The summed E-state index contributed by atoms with van der Waals surface area (Å²) in [4.78, 5) is 0. The van der Waals surface area contributed by atoms with Crippen LogP contribution in [-0.4, -0.2) is 16.4 Å². The Morgan fingerprint density at radius 1 is 1.24 bits per heavy atom. The van der Waals surface area contributed by atoms with Crippen molar-refractivity contribution in [2.24, 2.45) is 12.8 Å². The lowest BCUT2D eigenvalue weighted by Crippen LogP contribution is -2.14. The SMILES string of the molecule is CCCOc1ccc(C(N)Cc2c(C)nn(C)c2C)cc1. The van der Waals surface area contributed by atoms with Crippen LogP contribution in [0.3, 0.4) is 0 Å². The average molecular weight is 287 g/mol. The number of benzene rings is 1. The van der Waals surface area contributed by atoms with Crippen molar-refractivity contribution in [2.75, 3.05) is 6.61 Å². The van der Waals surface area contributed by atoms with Crippen molar-refractivity contribution in [1.82, 2.24) is 9.78 Å². The van der Waals surface area contributed by atoms with E-state index in [0.29, 0.717) is 0 Å². The molecule has 0 saturated heterocycles. The van der Waals surface area contributed by atoms with Crippen molar-refractivity contribution in [3.05, 3.63) is 46.8 Å². The number of rotatable bonds is 6. The molecule has 0 bridgehead atoms. The highest BCUT2D eigenvalue weighted by molar-refractivity contribution is 5.32. The second-order valence-electron chi connectivity index (χ2n) is 5.50. The molecule has 0 saturated carbocycles. The molecule has 1 aromatic carbocycles. The predicted molar refractivity (Wildman–Crippen MR) is 85.5 cm³/mol. The van der Waals surface area contributed by atoms with Gasteiger partial charge in [-0.15, -0.1) is 0 Å². The van der Waals surface area contributed by atoms with Gasteiger partial charge in [0.1, 0.15) is 5.75 Å². The number of nitrogens with two attached hydrogens (primary N) is 1. The monoisotopic (exact) mass is 287 g/mol. The van der Waals surface area contributed by atoms with Gasteiger partial charge in [0.25, 0.3) is 0 Å². The number of hydrogen-bond donors (Lipinski definition) is 1. The average Bonchev–Trinajstić information content (AvgIpc) is 2.72. The molecule has 114 valence electrons.